The maximum absolute atomic E-state index is 13.9. The lowest BCUT2D eigenvalue weighted by Crippen LogP contribution is -2.55. The number of rotatable bonds is 5. The minimum atomic E-state index is -0.569. The van der Waals surface area contributed by atoms with Crippen molar-refractivity contribution in [2.75, 3.05) is 26.2 Å². The highest BCUT2D eigenvalue weighted by Gasteiger charge is 2.46. The molecule has 1 saturated carbocycles. The van der Waals surface area contributed by atoms with Gasteiger partial charge in [0.25, 0.3) is 5.91 Å². The van der Waals surface area contributed by atoms with Gasteiger partial charge >= 0.3 is 0 Å². The quantitative estimate of drug-likeness (QED) is 0.545. The maximum atomic E-state index is 13.9. The van der Waals surface area contributed by atoms with E-state index in [1.54, 1.807) is 4.68 Å². The minimum absolute atomic E-state index is 0.0272. The van der Waals surface area contributed by atoms with Gasteiger partial charge < -0.3 is 19.6 Å². The monoisotopic (exact) mass is 529 g/mol. The van der Waals surface area contributed by atoms with Crippen molar-refractivity contribution < 1.29 is 19.4 Å². The van der Waals surface area contributed by atoms with E-state index in [9.17, 15) is 14.7 Å². The Kier molecular flexibility index (Phi) is 6.95. The van der Waals surface area contributed by atoms with E-state index in [2.05, 4.69) is 10.3 Å². The first-order valence-corrected chi connectivity index (χ1v) is 13.9. The molecule has 2 aliphatic heterocycles. The van der Waals surface area contributed by atoms with Gasteiger partial charge in [-0.3, -0.25) is 9.59 Å². The fourth-order valence-corrected chi connectivity index (χ4v) is 6.20. The Bertz CT molecular complexity index is 1360. The smallest absolute Gasteiger partial charge is 0.256 e. The van der Waals surface area contributed by atoms with E-state index in [0.717, 1.165) is 42.5 Å². The molecule has 3 unspecified atom stereocenters. The summed E-state index contributed by atoms with van der Waals surface area (Å²) in [6, 6.07) is 15.7. The van der Waals surface area contributed by atoms with Crippen molar-refractivity contribution in [2.24, 2.45) is 0 Å². The fraction of sp³-hybridized carbons (Fsp3) is 0.467. The van der Waals surface area contributed by atoms with Crippen LogP contribution in [0.1, 0.15) is 65.2 Å². The highest BCUT2D eigenvalue weighted by molar-refractivity contribution is 5.98. The van der Waals surface area contributed by atoms with Crippen LogP contribution in [0.15, 0.2) is 54.7 Å². The van der Waals surface area contributed by atoms with Gasteiger partial charge in [-0.1, -0.05) is 54.5 Å². The summed E-state index contributed by atoms with van der Waals surface area (Å²) in [4.78, 5) is 30.2. The van der Waals surface area contributed by atoms with Crippen molar-refractivity contribution in [1.82, 2.24) is 24.8 Å². The fourth-order valence-electron chi connectivity index (χ4n) is 6.20. The number of hydrogen-bond donors (Lipinski definition) is 1. The number of aliphatic hydroxyl groups is 1. The van der Waals surface area contributed by atoms with Crippen LogP contribution in [0, 0.1) is 6.92 Å². The van der Waals surface area contributed by atoms with Crippen LogP contribution in [0.3, 0.4) is 0 Å². The number of nitrogens with zero attached hydrogens (tertiary/aromatic N) is 5. The third-order valence-corrected chi connectivity index (χ3v) is 8.40. The molecule has 2 aromatic carbocycles. The first-order valence-electron chi connectivity index (χ1n) is 13.9. The van der Waals surface area contributed by atoms with Gasteiger partial charge in [-0.25, -0.2) is 4.68 Å². The summed E-state index contributed by atoms with van der Waals surface area (Å²) in [5, 5.41) is 19.2. The van der Waals surface area contributed by atoms with Gasteiger partial charge in [0, 0.05) is 19.0 Å². The molecule has 0 radical (unpaired) electrons. The minimum Gasteiger partial charge on any atom is -0.392 e. The molecule has 6 rings (SSSR count). The van der Waals surface area contributed by atoms with Crippen molar-refractivity contribution in [3.05, 3.63) is 77.1 Å². The van der Waals surface area contributed by atoms with Crippen LogP contribution >= 0.6 is 0 Å². The number of carbonyl (C=O) groups is 2. The van der Waals surface area contributed by atoms with E-state index in [-0.39, 0.29) is 24.3 Å². The van der Waals surface area contributed by atoms with Gasteiger partial charge in [-0.2, -0.15) is 0 Å². The number of likely N-dealkylation sites (tertiary alicyclic amines) is 1. The molecule has 9 nitrogen and oxygen atoms in total. The largest absolute Gasteiger partial charge is 0.392 e. The molecule has 3 aliphatic rings. The van der Waals surface area contributed by atoms with E-state index in [0.29, 0.717) is 43.9 Å². The Hall–Kier alpha value is -3.56. The second-order valence-corrected chi connectivity index (χ2v) is 11.3. The number of ether oxygens (including phenoxy) is 1. The van der Waals surface area contributed by atoms with Gasteiger partial charge in [0.1, 0.15) is 12.2 Å². The lowest BCUT2D eigenvalue weighted by molar-refractivity contribution is -0.162. The molecule has 0 bridgehead atoms. The zero-order valence-corrected chi connectivity index (χ0v) is 22.3. The summed E-state index contributed by atoms with van der Waals surface area (Å²) in [7, 11) is 0. The van der Waals surface area contributed by atoms with Crippen molar-refractivity contribution >= 4 is 11.8 Å². The Labute approximate surface area is 228 Å². The zero-order valence-electron chi connectivity index (χ0n) is 22.3. The molecule has 2 saturated heterocycles. The van der Waals surface area contributed by atoms with Gasteiger partial charge in [0.15, 0.2) is 0 Å². The molecule has 1 aromatic heterocycles. The van der Waals surface area contributed by atoms with Gasteiger partial charge in [0.2, 0.25) is 5.91 Å². The van der Waals surface area contributed by atoms with Crippen LogP contribution in [0.2, 0.25) is 0 Å². The topological polar surface area (TPSA) is 101 Å². The van der Waals surface area contributed by atoms with Crippen LogP contribution in [0.25, 0.3) is 5.69 Å². The normalized spacial score (nSPS) is 25.4. The Morgan fingerprint density at radius 3 is 2.77 bits per heavy atom. The molecular formula is C30H35N5O4. The molecule has 3 heterocycles. The lowest BCUT2D eigenvalue weighted by Gasteiger charge is -2.40. The van der Waals surface area contributed by atoms with E-state index >= 15 is 0 Å². The van der Waals surface area contributed by atoms with Gasteiger partial charge in [-0.15, -0.1) is 5.10 Å². The standard InChI is InChI=1S/C30H35N5O4/c1-21-11-12-24(26(15-21)35-17-25(31-32-35)23-9-5-6-10-27(23)36)29(38)33-14-13-30(19-33)20-34(28(37)18-39-30)16-22-7-3-2-4-8-22/h2-4,7-8,11-12,15,17,23,27,36H,5-6,9-10,13-14,16,18-20H2,1H3. The Morgan fingerprint density at radius 1 is 1.13 bits per heavy atom. The number of hydrogen-bond acceptors (Lipinski definition) is 6. The lowest BCUT2D eigenvalue weighted by atomic mass is 9.85. The van der Waals surface area contributed by atoms with Crippen molar-refractivity contribution in [3.8, 4) is 5.69 Å². The van der Waals surface area contributed by atoms with Crippen LogP contribution in [-0.4, -0.2) is 79.7 Å². The number of benzene rings is 2. The summed E-state index contributed by atoms with van der Waals surface area (Å²) in [6.07, 6.45) is 5.88. The van der Waals surface area contributed by atoms with Crippen molar-refractivity contribution in [3.63, 3.8) is 0 Å². The Morgan fingerprint density at radius 2 is 1.95 bits per heavy atom. The molecule has 2 amide bonds. The van der Waals surface area contributed by atoms with Crippen LogP contribution in [0.5, 0.6) is 0 Å². The third-order valence-electron chi connectivity index (χ3n) is 8.40. The van der Waals surface area contributed by atoms with Crippen molar-refractivity contribution in [1.29, 1.82) is 0 Å². The predicted octanol–water partition coefficient (Wildman–Crippen LogP) is 3.24. The predicted molar refractivity (Wildman–Crippen MR) is 144 cm³/mol. The van der Waals surface area contributed by atoms with Crippen LogP contribution in [0.4, 0.5) is 0 Å². The highest BCUT2D eigenvalue weighted by atomic mass is 16.5. The summed E-state index contributed by atoms with van der Waals surface area (Å²) >= 11 is 0. The van der Waals surface area contributed by atoms with E-state index < -0.39 is 11.7 Å². The van der Waals surface area contributed by atoms with E-state index in [1.165, 1.54) is 0 Å². The zero-order chi connectivity index (χ0) is 27.0. The number of amides is 2. The number of aryl methyl sites for hydroxylation is 1. The number of carbonyl (C=O) groups excluding carboxylic acids is 2. The summed E-state index contributed by atoms with van der Waals surface area (Å²) in [6.45, 7) is 3.98. The first kappa shape index (κ1) is 25.7. The molecule has 3 atom stereocenters. The van der Waals surface area contributed by atoms with E-state index in [1.807, 2.05) is 71.5 Å². The molecule has 39 heavy (non-hydrogen) atoms. The molecule has 9 heteroatoms. The summed E-state index contributed by atoms with van der Waals surface area (Å²) in [5.41, 5.74) is 3.51. The maximum Gasteiger partial charge on any atom is 0.256 e. The molecule has 3 fully saturated rings. The first-order chi connectivity index (χ1) is 18.9. The molecular weight excluding hydrogens is 494 g/mol. The second-order valence-electron chi connectivity index (χ2n) is 11.3. The third kappa shape index (κ3) is 5.21. The molecule has 204 valence electrons. The number of aliphatic hydroxyl groups excluding tert-OH is 1. The SMILES string of the molecule is Cc1ccc(C(=O)N2CCC3(CN(Cc4ccccc4)C(=O)CO3)C2)c(-n2cc(C3CCCCC3O)nn2)c1. The van der Waals surface area contributed by atoms with E-state index in [4.69, 9.17) is 4.74 Å². The number of morpholine rings is 1. The van der Waals surface area contributed by atoms with Gasteiger partial charge in [0.05, 0.1) is 42.3 Å². The molecule has 1 N–H and O–H groups in total. The molecule has 1 spiro atoms. The second kappa shape index (κ2) is 10.5. The van der Waals surface area contributed by atoms with Crippen LogP contribution < -0.4 is 0 Å². The van der Waals surface area contributed by atoms with Gasteiger partial charge in [-0.05, 0) is 49.4 Å². The summed E-state index contributed by atoms with van der Waals surface area (Å²) < 4.78 is 7.77. The summed E-state index contributed by atoms with van der Waals surface area (Å²) in [5.74, 6) is -0.147. The number of aromatic nitrogens is 3. The Balaban J connectivity index is 1.20. The molecule has 1 aliphatic carbocycles. The molecule has 3 aromatic rings. The highest BCUT2D eigenvalue weighted by Crippen LogP contribution is 2.34. The van der Waals surface area contributed by atoms with Crippen molar-refractivity contribution in [2.45, 2.75) is 63.2 Å². The average Bonchev–Trinajstić information content (AvgIpc) is 3.60. The average molecular weight is 530 g/mol. The van der Waals surface area contributed by atoms with Crippen LogP contribution in [-0.2, 0) is 16.1 Å².